The summed E-state index contributed by atoms with van der Waals surface area (Å²) >= 11 is 1.21. The summed E-state index contributed by atoms with van der Waals surface area (Å²) in [6.45, 7) is 0. The third-order valence-electron chi connectivity index (χ3n) is 4.12. The molecule has 3 aromatic carbocycles. The number of pyridine rings is 1. The summed E-state index contributed by atoms with van der Waals surface area (Å²) in [6, 6.07) is 13.6. The van der Waals surface area contributed by atoms with E-state index in [0.717, 1.165) is 0 Å². The zero-order chi connectivity index (χ0) is 18.3. The van der Waals surface area contributed by atoms with Crippen molar-refractivity contribution in [1.82, 2.24) is 4.98 Å². The molecule has 0 spiro atoms. The molecular formula is C19H13N3O3S. The molecule has 0 aliphatic rings. The number of rotatable bonds is 3. The topological polar surface area (TPSA) is 110 Å². The molecule has 0 bridgehead atoms. The van der Waals surface area contributed by atoms with Crippen molar-refractivity contribution in [3.63, 3.8) is 0 Å². The molecule has 0 fully saturated rings. The van der Waals surface area contributed by atoms with Gasteiger partial charge < -0.3 is 15.3 Å². The molecule has 4 N–H and O–H groups in total. The monoisotopic (exact) mass is 363 g/mol. The molecule has 0 atom stereocenters. The second kappa shape index (κ2) is 6.20. The van der Waals surface area contributed by atoms with Crippen LogP contribution in [0.5, 0.6) is 17.2 Å². The number of fused-ring (bicyclic) bond motifs is 2. The molecule has 1 heterocycles. The van der Waals surface area contributed by atoms with Crippen molar-refractivity contribution in [3.8, 4) is 17.2 Å². The van der Waals surface area contributed by atoms with Crippen molar-refractivity contribution < 1.29 is 15.3 Å². The van der Waals surface area contributed by atoms with Crippen LogP contribution in [0.2, 0.25) is 0 Å². The predicted molar refractivity (Wildman–Crippen MR) is 99.6 cm³/mol. The van der Waals surface area contributed by atoms with Gasteiger partial charge in [0.25, 0.3) is 0 Å². The van der Waals surface area contributed by atoms with E-state index in [4.69, 9.17) is 5.53 Å². The molecule has 26 heavy (non-hydrogen) atoms. The lowest BCUT2D eigenvalue weighted by atomic mass is 9.99. The highest BCUT2D eigenvalue weighted by atomic mass is 32.2. The van der Waals surface area contributed by atoms with Crippen molar-refractivity contribution in [2.45, 2.75) is 9.92 Å². The Bertz CT molecular complexity index is 1160. The fraction of sp³-hybridized carbons (Fsp3) is 0. The first-order valence-electron chi connectivity index (χ1n) is 7.70. The largest absolute Gasteiger partial charge is 0.507 e. The van der Waals surface area contributed by atoms with Crippen LogP contribution in [0.15, 0.2) is 69.8 Å². The van der Waals surface area contributed by atoms with Crippen LogP contribution in [0.3, 0.4) is 0 Å². The SMILES string of the molecule is N=Nc1c(Sc2ccccn2)cc(O)c2c(O)c3ccccc3c(O)c12. The van der Waals surface area contributed by atoms with E-state index in [1.807, 2.05) is 6.07 Å². The Kier molecular flexibility index (Phi) is 3.85. The molecule has 0 aliphatic carbocycles. The summed E-state index contributed by atoms with van der Waals surface area (Å²) in [7, 11) is 0. The molecule has 0 amide bonds. The Morgan fingerprint density at radius 1 is 0.885 bits per heavy atom. The number of nitrogens with zero attached hydrogens (tertiary/aromatic N) is 2. The Morgan fingerprint density at radius 3 is 2.15 bits per heavy atom. The number of hydrogen-bond donors (Lipinski definition) is 4. The first kappa shape index (κ1) is 16.2. The van der Waals surface area contributed by atoms with Gasteiger partial charge in [-0.2, -0.15) is 5.11 Å². The van der Waals surface area contributed by atoms with Crippen molar-refractivity contribution in [2.24, 2.45) is 5.11 Å². The summed E-state index contributed by atoms with van der Waals surface area (Å²) in [5.74, 6) is -0.507. The lowest BCUT2D eigenvalue weighted by molar-refractivity contribution is 0.462. The summed E-state index contributed by atoms with van der Waals surface area (Å²) in [5.41, 5.74) is 7.75. The first-order chi connectivity index (χ1) is 12.6. The Hall–Kier alpha value is -3.32. The van der Waals surface area contributed by atoms with E-state index in [-0.39, 0.29) is 33.7 Å². The first-order valence-corrected chi connectivity index (χ1v) is 8.52. The third kappa shape index (κ3) is 2.41. The molecular weight excluding hydrogens is 350 g/mol. The molecule has 0 radical (unpaired) electrons. The van der Waals surface area contributed by atoms with Gasteiger partial charge >= 0.3 is 0 Å². The molecule has 4 aromatic rings. The van der Waals surface area contributed by atoms with Gasteiger partial charge in [0, 0.05) is 21.9 Å². The standard InChI is InChI=1S/C19H13N3O3S/c20-22-17-13(26-14-7-3-4-8-21-14)9-12(23)15-16(17)19(25)11-6-2-1-5-10(11)18(15)24/h1-9,20,23-25H. The van der Waals surface area contributed by atoms with E-state index in [1.165, 1.54) is 17.8 Å². The number of phenols is 3. The van der Waals surface area contributed by atoms with Crippen LogP contribution in [0.4, 0.5) is 5.69 Å². The number of benzene rings is 3. The van der Waals surface area contributed by atoms with Crippen molar-refractivity contribution in [2.75, 3.05) is 0 Å². The fourth-order valence-corrected chi connectivity index (χ4v) is 3.88. The minimum absolute atomic E-state index is 0.0672. The van der Waals surface area contributed by atoms with Gasteiger partial charge in [-0.1, -0.05) is 42.1 Å². The second-order valence-corrected chi connectivity index (χ2v) is 6.68. The highest BCUT2D eigenvalue weighted by Gasteiger charge is 2.22. The fourth-order valence-electron chi connectivity index (χ4n) is 2.98. The molecule has 6 nitrogen and oxygen atoms in total. The number of aromatic nitrogens is 1. The Labute approximate surface area is 152 Å². The van der Waals surface area contributed by atoms with Crippen LogP contribution in [0.25, 0.3) is 21.5 Å². The predicted octanol–water partition coefficient (Wildman–Crippen LogP) is 5.32. The van der Waals surface area contributed by atoms with Gasteiger partial charge in [0.2, 0.25) is 0 Å². The van der Waals surface area contributed by atoms with Crippen LogP contribution >= 0.6 is 11.8 Å². The number of aromatic hydroxyl groups is 3. The Morgan fingerprint density at radius 2 is 1.54 bits per heavy atom. The number of phenolic OH excluding ortho intramolecular Hbond substituents is 3. The average Bonchev–Trinajstić information content (AvgIpc) is 2.66. The molecule has 128 valence electrons. The van der Waals surface area contributed by atoms with Gasteiger partial charge in [0.15, 0.2) is 0 Å². The smallest absolute Gasteiger partial charge is 0.135 e. The molecule has 4 rings (SSSR count). The van der Waals surface area contributed by atoms with E-state index < -0.39 is 0 Å². The normalized spacial score (nSPS) is 11.1. The van der Waals surface area contributed by atoms with E-state index >= 15 is 0 Å². The van der Waals surface area contributed by atoms with Crippen LogP contribution in [0, 0.1) is 5.53 Å². The van der Waals surface area contributed by atoms with Gasteiger partial charge in [0.05, 0.1) is 10.8 Å². The van der Waals surface area contributed by atoms with E-state index in [1.54, 1.807) is 42.6 Å². The molecule has 7 heteroatoms. The summed E-state index contributed by atoms with van der Waals surface area (Å²) in [5, 5.41) is 37.1. The highest BCUT2D eigenvalue weighted by molar-refractivity contribution is 7.99. The van der Waals surface area contributed by atoms with Crippen molar-refractivity contribution >= 4 is 39.0 Å². The van der Waals surface area contributed by atoms with Crippen molar-refractivity contribution in [3.05, 3.63) is 54.7 Å². The van der Waals surface area contributed by atoms with E-state index in [9.17, 15) is 15.3 Å². The van der Waals surface area contributed by atoms with Crippen LogP contribution in [-0.4, -0.2) is 20.3 Å². The van der Waals surface area contributed by atoms with Crippen LogP contribution in [0.1, 0.15) is 0 Å². The van der Waals surface area contributed by atoms with Crippen LogP contribution < -0.4 is 0 Å². The molecule has 0 aliphatic heterocycles. The minimum Gasteiger partial charge on any atom is -0.507 e. The van der Waals surface area contributed by atoms with Gasteiger partial charge in [0.1, 0.15) is 28.0 Å². The van der Waals surface area contributed by atoms with Crippen molar-refractivity contribution in [1.29, 1.82) is 5.53 Å². The van der Waals surface area contributed by atoms with Gasteiger partial charge in [-0.15, -0.1) is 0 Å². The summed E-state index contributed by atoms with van der Waals surface area (Å²) in [4.78, 5) is 4.67. The quantitative estimate of drug-likeness (QED) is 0.224. The maximum atomic E-state index is 10.8. The van der Waals surface area contributed by atoms with Gasteiger partial charge in [-0.3, -0.25) is 0 Å². The average molecular weight is 363 g/mol. The summed E-state index contributed by atoms with van der Waals surface area (Å²) < 4.78 is 0. The lowest BCUT2D eigenvalue weighted by Gasteiger charge is -2.14. The third-order valence-corrected chi connectivity index (χ3v) is 5.10. The zero-order valence-electron chi connectivity index (χ0n) is 13.3. The van der Waals surface area contributed by atoms with E-state index in [0.29, 0.717) is 20.7 Å². The second-order valence-electron chi connectivity index (χ2n) is 5.62. The molecule has 1 aromatic heterocycles. The molecule has 0 saturated carbocycles. The summed E-state index contributed by atoms with van der Waals surface area (Å²) in [6.07, 6.45) is 1.64. The molecule has 0 unspecified atom stereocenters. The maximum Gasteiger partial charge on any atom is 0.135 e. The Balaban J connectivity index is 2.09. The minimum atomic E-state index is -0.204. The number of nitrogens with one attached hydrogen (secondary N) is 1. The number of hydrogen-bond acceptors (Lipinski definition) is 7. The van der Waals surface area contributed by atoms with Gasteiger partial charge in [-0.05, 0) is 18.2 Å². The van der Waals surface area contributed by atoms with Gasteiger partial charge in [-0.25, -0.2) is 10.5 Å². The molecule has 0 saturated heterocycles. The van der Waals surface area contributed by atoms with Crippen LogP contribution in [-0.2, 0) is 0 Å². The zero-order valence-corrected chi connectivity index (χ0v) is 14.2. The lowest BCUT2D eigenvalue weighted by Crippen LogP contribution is -1.86. The highest BCUT2D eigenvalue weighted by Crippen LogP contribution is 2.52. The van der Waals surface area contributed by atoms with E-state index in [2.05, 4.69) is 10.1 Å². The maximum absolute atomic E-state index is 10.8.